The molecule has 8 heteroatoms. The van der Waals surface area contributed by atoms with Gasteiger partial charge in [-0.2, -0.15) is 4.99 Å². The lowest BCUT2D eigenvalue weighted by Gasteiger charge is -2.28. The van der Waals surface area contributed by atoms with Crippen LogP contribution >= 0.6 is 22.9 Å². The number of methoxy groups -OCH3 is 1. The first kappa shape index (κ1) is 20.1. The smallest absolute Gasteiger partial charge is 0.283 e. The van der Waals surface area contributed by atoms with E-state index < -0.39 is 11.5 Å². The van der Waals surface area contributed by atoms with E-state index in [4.69, 9.17) is 21.1 Å². The molecule has 0 bridgehead atoms. The molecule has 1 unspecified atom stereocenters. The molecule has 0 spiro atoms. The van der Waals surface area contributed by atoms with Gasteiger partial charge in [-0.05, 0) is 31.5 Å². The Labute approximate surface area is 167 Å². The highest BCUT2D eigenvalue weighted by Crippen LogP contribution is 2.32. The Balaban J connectivity index is 2.11. The Bertz CT molecular complexity index is 917. The Hall–Kier alpha value is -1.67. The summed E-state index contributed by atoms with van der Waals surface area (Å²) in [4.78, 5) is 18.5. The van der Waals surface area contributed by atoms with E-state index in [1.807, 2.05) is 4.57 Å². The van der Waals surface area contributed by atoms with Crippen LogP contribution in [0, 0.1) is 0 Å². The summed E-state index contributed by atoms with van der Waals surface area (Å²) < 4.78 is 12.8. The van der Waals surface area contributed by atoms with Crippen molar-refractivity contribution in [3.8, 4) is 5.75 Å². The summed E-state index contributed by atoms with van der Waals surface area (Å²) in [5.74, 6) is -0.0105. The SMILES string of the molecule is CCCCn1c2c(sc1=NC(=O)c1cc(Cl)ccc1OC)C(C)(O)COC2. The maximum Gasteiger partial charge on any atom is 0.283 e. The molecule has 1 aromatic heterocycles. The molecule has 2 aromatic rings. The average Bonchev–Trinajstić information content (AvgIpc) is 2.98. The zero-order chi connectivity index (χ0) is 19.6. The van der Waals surface area contributed by atoms with E-state index in [-0.39, 0.29) is 6.61 Å². The van der Waals surface area contributed by atoms with Crippen molar-refractivity contribution in [1.82, 2.24) is 4.57 Å². The van der Waals surface area contributed by atoms with Crippen LogP contribution in [0.1, 0.15) is 47.6 Å². The van der Waals surface area contributed by atoms with Crippen molar-refractivity contribution in [3.05, 3.63) is 44.2 Å². The quantitative estimate of drug-likeness (QED) is 0.818. The van der Waals surface area contributed by atoms with E-state index in [0.717, 1.165) is 23.4 Å². The fourth-order valence-corrected chi connectivity index (χ4v) is 4.40. The second-order valence-electron chi connectivity index (χ2n) is 6.69. The number of aromatic nitrogens is 1. The third-order valence-electron chi connectivity index (χ3n) is 4.45. The standard InChI is InChI=1S/C19H23ClN2O4S/c1-4-5-8-22-14-10-26-11-19(2,24)16(14)27-18(22)21-17(23)13-9-12(20)6-7-15(13)25-3/h6-7,9,24H,4-5,8,10-11H2,1-3H3. The number of hydrogen-bond donors (Lipinski definition) is 1. The van der Waals surface area contributed by atoms with Gasteiger partial charge in [0.1, 0.15) is 11.4 Å². The van der Waals surface area contributed by atoms with Gasteiger partial charge in [-0.3, -0.25) is 4.79 Å². The minimum Gasteiger partial charge on any atom is -0.496 e. The summed E-state index contributed by atoms with van der Waals surface area (Å²) in [6.07, 6.45) is 1.94. The molecular formula is C19H23ClN2O4S. The van der Waals surface area contributed by atoms with Crippen LogP contribution in [-0.4, -0.2) is 29.3 Å². The van der Waals surface area contributed by atoms with Crippen molar-refractivity contribution in [2.45, 2.75) is 45.4 Å². The molecule has 3 rings (SSSR count). The maximum atomic E-state index is 12.8. The maximum absolute atomic E-state index is 12.8. The number of nitrogens with zero attached hydrogens (tertiary/aromatic N) is 2. The molecule has 1 aromatic carbocycles. The summed E-state index contributed by atoms with van der Waals surface area (Å²) in [7, 11) is 1.50. The summed E-state index contributed by atoms with van der Waals surface area (Å²) in [6, 6.07) is 4.86. The van der Waals surface area contributed by atoms with Crippen LogP contribution in [-0.2, 0) is 23.5 Å². The molecule has 0 fully saturated rings. The lowest BCUT2D eigenvalue weighted by atomic mass is 10.0. The highest BCUT2D eigenvalue weighted by Gasteiger charge is 2.34. The van der Waals surface area contributed by atoms with Crippen LogP contribution in [0.5, 0.6) is 5.75 Å². The molecule has 27 heavy (non-hydrogen) atoms. The van der Waals surface area contributed by atoms with Gasteiger partial charge in [-0.15, -0.1) is 0 Å². The Morgan fingerprint density at radius 3 is 3.00 bits per heavy atom. The number of aliphatic hydroxyl groups is 1. The predicted molar refractivity (Wildman–Crippen MR) is 104 cm³/mol. The first-order valence-corrected chi connectivity index (χ1v) is 10.0. The number of amides is 1. The first-order chi connectivity index (χ1) is 12.9. The van der Waals surface area contributed by atoms with E-state index in [0.29, 0.717) is 34.3 Å². The van der Waals surface area contributed by atoms with E-state index in [1.165, 1.54) is 18.4 Å². The fraction of sp³-hybridized carbons (Fsp3) is 0.474. The molecule has 2 heterocycles. The minimum atomic E-state index is -1.09. The van der Waals surface area contributed by atoms with Crippen molar-refractivity contribution in [3.63, 3.8) is 0 Å². The molecule has 146 valence electrons. The molecule has 1 aliphatic heterocycles. The number of unbranched alkanes of at least 4 members (excludes halogenated alkanes) is 1. The number of ether oxygens (including phenoxy) is 2. The molecule has 0 aliphatic carbocycles. The van der Waals surface area contributed by atoms with Gasteiger partial charge in [0.05, 0.1) is 36.5 Å². The van der Waals surface area contributed by atoms with Crippen molar-refractivity contribution in [2.24, 2.45) is 4.99 Å². The topological polar surface area (TPSA) is 73.1 Å². The summed E-state index contributed by atoms with van der Waals surface area (Å²) in [5, 5.41) is 11.1. The lowest BCUT2D eigenvalue weighted by molar-refractivity contribution is -0.0599. The van der Waals surface area contributed by atoms with Gasteiger partial charge in [0.25, 0.3) is 5.91 Å². The van der Waals surface area contributed by atoms with Gasteiger partial charge in [-0.25, -0.2) is 0 Å². The second-order valence-corrected chi connectivity index (χ2v) is 8.11. The fourth-order valence-electron chi connectivity index (χ4n) is 3.04. The summed E-state index contributed by atoms with van der Waals surface area (Å²) in [6.45, 7) is 5.16. The highest BCUT2D eigenvalue weighted by molar-refractivity contribution is 7.09. The van der Waals surface area contributed by atoms with E-state index in [9.17, 15) is 9.90 Å². The Morgan fingerprint density at radius 1 is 1.52 bits per heavy atom. The molecule has 1 N–H and O–H groups in total. The van der Waals surface area contributed by atoms with Gasteiger partial charge < -0.3 is 19.1 Å². The predicted octanol–water partition coefficient (Wildman–Crippen LogP) is 3.49. The van der Waals surface area contributed by atoms with Gasteiger partial charge in [0, 0.05) is 11.6 Å². The Morgan fingerprint density at radius 2 is 2.30 bits per heavy atom. The van der Waals surface area contributed by atoms with Gasteiger partial charge in [0.15, 0.2) is 4.80 Å². The largest absolute Gasteiger partial charge is 0.496 e. The third kappa shape index (κ3) is 4.11. The lowest BCUT2D eigenvalue weighted by Crippen LogP contribution is -2.33. The number of fused-ring (bicyclic) bond motifs is 1. The van der Waals surface area contributed by atoms with Gasteiger partial charge in [-0.1, -0.05) is 36.3 Å². The van der Waals surface area contributed by atoms with Crippen molar-refractivity contribution < 1.29 is 19.4 Å². The molecule has 6 nitrogen and oxygen atoms in total. The summed E-state index contributed by atoms with van der Waals surface area (Å²) >= 11 is 7.37. The third-order valence-corrected chi connectivity index (χ3v) is 6.06. The van der Waals surface area contributed by atoms with Crippen molar-refractivity contribution in [2.75, 3.05) is 13.7 Å². The highest BCUT2D eigenvalue weighted by atomic mass is 35.5. The number of halogens is 1. The zero-order valence-electron chi connectivity index (χ0n) is 15.6. The zero-order valence-corrected chi connectivity index (χ0v) is 17.2. The minimum absolute atomic E-state index is 0.226. The molecule has 1 amide bonds. The van der Waals surface area contributed by atoms with Crippen LogP contribution in [0.15, 0.2) is 23.2 Å². The van der Waals surface area contributed by atoms with Crippen molar-refractivity contribution in [1.29, 1.82) is 0 Å². The normalized spacial score (nSPS) is 19.8. The number of carbonyl (C=O) groups excluding carboxylic acids is 1. The number of carbonyl (C=O) groups is 1. The molecular weight excluding hydrogens is 388 g/mol. The monoisotopic (exact) mass is 410 g/mol. The molecule has 0 radical (unpaired) electrons. The number of hydrogen-bond acceptors (Lipinski definition) is 5. The van der Waals surface area contributed by atoms with E-state index in [1.54, 1.807) is 25.1 Å². The van der Waals surface area contributed by atoms with Gasteiger partial charge >= 0.3 is 0 Å². The van der Waals surface area contributed by atoms with Gasteiger partial charge in [0.2, 0.25) is 0 Å². The van der Waals surface area contributed by atoms with Crippen LogP contribution < -0.4 is 9.54 Å². The van der Waals surface area contributed by atoms with Crippen LogP contribution in [0.2, 0.25) is 5.02 Å². The van der Waals surface area contributed by atoms with E-state index in [2.05, 4.69) is 11.9 Å². The number of benzene rings is 1. The van der Waals surface area contributed by atoms with Crippen molar-refractivity contribution >= 4 is 28.8 Å². The average molecular weight is 411 g/mol. The van der Waals surface area contributed by atoms with Crippen LogP contribution in [0.4, 0.5) is 0 Å². The number of rotatable bonds is 5. The summed E-state index contributed by atoms with van der Waals surface area (Å²) in [5.41, 5.74) is 0.104. The molecule has 1 atom stereocenters. The first-order valence-electron chi connectivity index (χ1n) is 8.83. The molecule has 0 saturated carbocycles. The van der Waals surface area contributed by atoms with Crippen LogP contribution in [0.3, 0.4) is 0 Å². The second kappa shape index (κ2) is 8.14. The molecule has 1 aliphatic rings. The number of thiazole rings is 1. The van der Waals surface area contributed by atoms with Crippen LogP contribution in [0.25, 0.3) is 0 Å². The molecule has 0 saturated heterocycles. The Kier molecular flexibility index (Phi) is 6.05. The van der Waals surface area contributed by atoms with E-state index >= 15 is 0 Å².